The normalized spacial score (nSPS) is 25.6. The molecule has 4 nitrogen and oxygen atoms in total. The van der Waals surface area contributed by atoms with Crippen LogP contribution in [-0.4, -0.2) is 37.6 Å². The van der Waals surface area contributed by atoms with Crippen LogP contribution in [0.4, 0.5) is 0 Å². The van der Waals surface area contributed by atoms with Crippen molar-refractivity contribution < 1.29 is 8.42 Å². The van der Waals surface area contributed by atoms with Crippen LogP contribution in [0, 0.1) is 5.92 Å². The lowest BCUT2D eigenvalue weighted by atomic mass is 10.1. The Morgan fingerprint density at radius 3 is 2.64 bits per heavy atom. The van der Waals surface area contributed by atoms with Gasteiger partial charge in [-0.1, -0.05) is 13.8 Å². The van der Waals surface area contributed by atoms with Crippen molar-refractivity contribution in [1.29, 1.82) is 0 Å². The molecule has 84 valence electrons. The molecule has 0 aromatic carbocycles. The van der Waals surface area contributed by atoms with Crippen LogP contribution in [0.5, 0.6) is 0 Å². The summed E-state index contributed by atoms with van der Waals surface area (Å²) in [5.41, 5.74) is 5.75. The SMILES string of the molecule is CC(C)CS(=O)(=O)N1CCC[C@@H](N)C1. The number of hydrogen-bond acceptors (Lipinski definition) is 3. The molecule has 0 unspecified atom stereocenters. The molecule has 0 aromatic heterocycles. The molecule has 0 radical (unpaired) electrons. The first-order chi connectivity index (χ1) is 6.42. The lowest BCUT2D eigenvalue weighted by Gasteiger charge is -2.30. The van der Waals surface area contributed by atoms with E-state index in [2.05, 4.69) is 0 Å². The number of sulfonamides is 1. The van der Waals surface area contributed by atoms with E-state index in [4.69, 9.17) is 5.73 Å². The molecule has 5 heteroatoms. The molecule has 0 aromatic rings. The Labute approximate surface area is 86.5 Å². The van der Waals surface area contributed by atoms with Gasteiger partial charge >= 0.3 is 0 Å². The van der Waals surface area contributed by atoms with Crippen LogP contribution >= 0.6 is 0 Å². The van der Waals surface area contributed by atoms with Crippen molar-refractivity contribution in [3.63, 3.8) is 0 Å². The quantitative estimate of drug-likeness (QED) is 0.748. The maximum absolute atomic E-state index is 11.8. The Kier molecular flexibility index (Phi) is 3.92. The molecule has 0 aliphatic carbocycles. The number of nitrogens with two attached hydrogens (primary N) is 1. The van der Waals surface area contributed by atoms with E-state index in [0.717, 1.165) is 12.8 Å². The van der Waals surface area contributed by atoms with Gasteiger partial charge in [-0.15, -0.1) is 0 Å². The first-order valence-electron chi connectivity index (χ1n) is 5.15. The number of rotatable bonds is 3. The molecule has 0 bridgehead atoms. The Hall–Kier alpha value is -0.130. The van der Waals surface area contributed by atoms with Crippen molar-refractivity contribution in [3.8, 4) is 0 Å². The van der Waals surface area contributed by atoms with E-state index in [9.17, 15) is 8.42 Å². The molecule has 1 saturated heterocycles. The van der Waals surface area contributed by atoms with E-state index in [0.29, 0.717) is 13.1 Å². The van der Waals surface area contributed by atoms with Gasteiger partial charge < -0.3 is 5.73 Å². The highest BCUT2D eigenvalue weighted by molar-refractivity contribution is 7.89. The van der Waals surface area contributed by atoms with Gasteiger partial charge in [0.15, 0.2) is 0 Å². The molecule has 0 saturated carbocycles. The predicted octanol–water partition coefficient (Wildman–Crippen LogP) is 0.395. The van der Waals surface area contributed by atoms with Gasteiger partial charge in [-0.05, 0) is 18.8 Å². The zero-order valence-electron chi connectivity index (χ0n) is 8.94. The zero-order chi connectivity index (χ0) is 10.8. The highest BCUT2D eigenvalue weighted by Crippen LogP contribution is 2.14. The monoisotopic (exact) mass is 220 g/mol. The minimum atomic E-state index is -3.06. The van der Waals surface area contributed by atoms with Gasteiger partial charge in [0.05, 0.1) is 5.75 Å². The zero-order valence-corrected chi connectivity index (χ0v) is 9.76. The van der Waals surface area contributed by atoms with Crippen LogP contribution in [-0.2, 0) is 10.0 Å². The minimum absolute atomic E-state index is 0.0192. The molecular weight excluding hydrogens is 200 g/mol. The van der Waals surface area contributed by atoms with Gasteiger partial charge in [0.25, 0.3) is 0 Å². The standard InChI is InChI=1S/C9H20N2O2S/c1-8(2)7-14(12,13)11-5-3-4-9(10)6-11/h8-9H,3-7,10H2,1-2H3/t9-/m1/s1. The average molecular weight is 220 g/mol. The van der Waals surface area contributed by atoms with Crippen LogP contribution in [0.1, 0.15) is 26.7 Å². The summed E-state index contributed by atoms with van der Waals surface area (Å²) >= 11 is 0. The summed E-state index contributed by atoms with van der Waals surface area (Å²) in [5.74, 6) is 0.415. The third-order valence-electron chi connectivity index (χ3n) is 2.36. The third-order valence-corrected chi connectivity index (χ3v) is 4.56. The van der Waals surface area contributed by atoms with Gasteiger partial charge in [-0.3, -0.25) is 0 Å². The van der Waals surface area contributed by atoms with E-state index in [1.807, 2.05) is 13.8 Å². The number of piperidine rings is 1. The van der Waals surface area contributed by atoms with Gasteiger partial charge in [0, 0.05) is 19.1 Å². The summed E-state index contributed by atoms with van der Waals surface area (Å²) in [6.45, 7) is 4.97. The fraction of sp³-hybridized carbons (Fsp3) is 1.00. The molecule has 1 rings (SSSR count). The number of nitrogens with zero attached hydrogens (tertiary/aromatic N) is 1. The Balaban J connectivity index is 2.62. The van der Waals surface area contributed by atoms with Gasteiger partial charge in [-0.2, -0.15) is 0 Å². The number of hydrogen-bond donors (Lipinski definition) is 1. The topological polar surface area (TPSA) is 63.4 Å². The first kappa shape index (κ1) is 11.9. The Bertz CT molecular complexity index is 275. The largest absolute Gasteiger partial charge is 0.327 e. The van der Waals surface area contributed by atoms with Crippen molar-refractivity contribution in [2.24, 2.45) is 11.7 Å². The molecule has 1 atom stereocenters. The fourth-order valence-electron chi connectivity index (χ4n) is 1.75. The second-order valence-corrected chi connectivity index (χ2v) is 6.45. The lowest BCUT2D eigenvalue weighted by Crippen LogP contribution is -2.46. The lowest BCUT2D eigenvalue weighted by molar-refractivity contribution is 0.314. The summed E-state index contributed by atoms with van der Waals surface area (Å²) in [4.78, 5) is 0. The van der Waals surface area contributed by atoms with E-state index in [1.54, 1.807) is 4.31 Å². The highest BCUT2D eigenvalue weighted by atomic mass is 32.2. The first-order valence-corrected chi connectivity index (χ1v) is 6.76. The summed E-state index contributed by atoms with van der Waals surface area (Å²) in [6.07, 6.45) is 1.83. The predicted molar refractivity (Wildman–Crippen MR) is 57.4 cm³/mol. The fourth-order valence-corrected chi connectivity index (χ4v) is 3.63. The third kappa shape index (κ3) is 3.22. The molecule has 0 amide bonds. The summed E-state index contributed by atoms with van der Waals surface area (Å²) in [7, 11) is -3.06. The van der Waals surface area contributed by atoms with Crippen molar-refractivity contribution >= 4 is 10.0 Å². The van der Waals surface area contributed by atoms with Crippen molar-refractivity contribution in [1.82, 2.24) is 4.31 Å². The summed E-state index contributed by atoms with van der Waals surface area (Å²) < 4.78 is 25.2. The van der Waals surface area contributed by atoms with Crippen molar-refractivity contribution in [3.05, 3.63) is 0 Å². The molecule has 14 heavy (non-hydrogen) atoms. The van der Waals surface area contributed by atoms with Crippen LogP contribution in [0.2, 0.25) is 0 Å². The minimum Gasteiger partial charge on any atom is -0.327 e. The average Bonchev–Trinajstić information content (AvgIpc) is 2.01. The molecule has 1 aliphatic rings. The molecular formula is C9H20N2O2S. The van der Waals surface area contributed by atoms with Crippen LogP contribution in [0.3, 0.4) is 0 Å². The van der Waals surface area contributed by atoms with Crippen molar-refractivity contribution in [2.45, 2.75) is 32.7 Å². The maximum atomic E-state index is 11.8. The van der Waals surface area contributed by atoms with E-state index in [1.165, 1.54) is 0 Å². The van der Waals surface area contributed by atoms with Crippen molar-refractivity contribution in [2.75, 3.05) is 18.8 Å². The van der Waals surface area contributed by atoms with E-state index >= 15 is 0 Å². The highest BCUT2D eigenvalue weighted by Gasteiger charge is 2.27. The Morgan fingerprint density at radius 2 is 2.14 bits per heavy atom. The molecule has 1 fully saturated rings. The van der Waals surface area contributed by atoms with Gasteiger partial charge in [0.1, 0.15) is 0 Å². The van der Waals surface area contributed by atoms with Crippen LogP contribution in [0.25, 0.3) is 0 Å². The van der Waals surface area contributed by atoms with Crippen LogP contribution in [0.15, 0.2) is 0 Å². The second kappa shape index (κ2) is 4.59. The summed E-state index contributed by atoms with van der Waals surface area (Å²) in [6, 6.07) is 0.0192. The molecule has 0 spiro atoms. The molecule has 1 heterocycles. The van der Waals surface area contributed by atoms with Crippen LogP contribution < -0.4 is 5.73 Å². The molecule has 1 aliphatic heterocycles. The van der Waals surface area contributed by atoms with Gasteiger partial charge in [-0.25, -0.2) is 12.7 Å². The Morgan fingerprint density at radius 1 is 1.50 bits per heavy atom. The molecule has 2 N–H and O–H groups in total. The smallest absolute Gasteiger partial charge is 0.214 e. The maximum Gasteiger partial charge on any atom is 0.214 e. The summed E-state index contributed by atoms with van der Waals surface area (Å²) in [5, 5.41) is 0. The van der Waals surface area contributed by atoms with E-state index in [-0.39, 0.29) is 17.7 Å². The van der Waals surface area contributed by atoms with E-state index < -0.39 is 10.0 Å². The van der Waals surface area contributed by atoms with Gasteiger partial charge in [0.2, 0.25) is 10.0 Å². The second-order valence-electron chi connectivity index (χ2n) is 4.43.